The number of nitrogens with one attached hydrogen (secondary N) is 3. The number of aliphatic imine (C=N–C) groups is 1. The number of rotatable bonds is 4. The Hall–Kier alpha value is -3.22. The molecular weight excluding hydrogens is 414 g/mol. The van der Waals surface area contributed by atoms with E-state index in [1.807, 2.05) is 41.3 Å². The minimum Gasteiger partial charge on any atom is -0.497 e. The second kappa shape index (κ2) is 9.33. The lowest BCUT2D eigenvalue weighted by Gasteiger charge is -2.47. The Kier molecular flexibility index (Phi) is 6.11. The van der Waals surface area contributed by atoms with Gasteiger partial charge in [-0.25, -0.2) is 4.79 Å². The number of fused-ring (bicyclic) bond motifs is 1. The first-order chi connectivity index (χ1) is 16.1. The monoisotopic (exact) mass is 447 g/mol. The fourth-order valence-electron chi connectivity index (χ4n) is 5.23. The lowest BCUT2D eigenvalue weighted by Crippen LogP contribution is -2.63. The predicted molar refractivity (Wildman–Crippen MR) is 132 cm³/mol. The molecule has 2 heterocycles. The van der Waals surface area contributed by atoms with Crippen molar-refractivity contribution in [3.63, 3.8) is 0 Å². The van der Waals surface area contributed by atoms with Gasteiger partial charge >= 0.3 is 6.03 Å². The molecule has 174 valence electrons. The van der Waals surface area contributed by atoms with E-state index in [0.29, 0.717) is 19.1 Å². The molecule has 7 heteroatoms. The molecule has 3 aliphatic rings. The van der Waals surface area contributed by atoms with E-state index in [2.05, 4.69) is 28.1 Å². The van der Waals surface area contributed by atoms with E-state index < -0.39 is 0 Å². The molecular formula is C26H33N5O2. The zero-order valence-electron chi connectivity index (χ0n) is 19.3. The molecule has 7 nitrogen and oxygen atoms in total. The molecule has 0 radical (unpaired) electrons. The van der Waals surface area contributed by atoms with E-state index in [9.17, 15) is 4.79 Å². The van der Waals surface area contributed by atoms with E-state index in [0.717, 1.165) is 60.8 Å². The van der Waals surface area contributed by atoms with Gasteiger partial charge in [-0.2, -0.15) is 0 Å². The van der Waals surface area contributed by atoms with Gasteiger partial charge in [0.05, 0.1) is 31.1 Å². The van der Waals surface area contributed by atoms with Crippen LogP contribution in [-0.4, -0.2) is 48.5 Å². The zero-order chi connectivity index (χ0) is 22.7. The summed E-state index contributed by atoms with van der Waals surface area (Å²) in [5.41, 5.74) is 2.76. The number of para-hydroxylation sites is 2. The number of nitrogens with zero attached hydrogens (tertiary/aromatic N) is 2. The number of hydrogen-bond donors (Lipinski definition) is 3. The van der Waals surface area contributed by atoms with Crippen LogP contribution < -0.4 is 20.7 Å². The quantitative estimate of drug-likeness (QED) is 0.639. The van der Waals surface area contributed by atoms with Crippen molar-refractivity contribution in [2.75, 3.05) is 30.8 Å². The predicted octanol–water partition coefficient (Wildman–Crippen LogP) is 4.62. The number of amides is 2. The average molecular weight is 448 g/mol. The van der Waals surface area contributed by atoms with Gasteiger partial charge in [0.25, 0.3) is 0 Å². The third-order valence-electron chi connectivity index (χ3n) is 7.00. The van der Waals surface area contributed by atoms with E-state index in [1.54, 1.807) is 7.11 Å². The molecule has 1 unspecified atom stereocenters. The smallest absolute Gasteiger partial charge is 0.317 e. The number of carbonyl (C=O) groups excluding carboxylic acids is 1. The van der Waals surface area contributed by atoms with Crippen LogP contribution in [0.4, 0.5) is 16.2 Å². The maximum atomic E-state index is 13.1. The Morgan fingerprint density at radius 3 is 2.79 bits per heavy atom. The highest BCUT2D eigenvalue weighted by Gasteiger charge is 2.45. The molecule has 0 aromatic heterocycles. The highest BCUT2D eigenvalue weighted by atomic mass is 16.5. The number of ether oxygens (including phenoxy) is 1. The van der Waals surface area contributed by atoms with Crippen LogP contribution in [0.15, 0.2) is 53.5 Å². The molecule has 1 saturated carbocycles. The molecule has 3 N–H and O–H groups in total. The van der Waals surface area contributed by atoms with Crippen molar-refractivity contribution in [1.29, 1.82) is 0 Å². The Morgan fingerprint density at radius 2 is 1.97 bits per heavy atom. The van der Waals surface area contributed by atoms with Gasteiger partial charge in [0.1, 0.15) is 17.1 Å². The maximum absolute atomic E-state index is 13.1. The van der Waals surface area contributed by atoms with Crippen molar-refractivity contribution in [1.82, 2.24) is 10.2 Å². The van der Waals surface area contributed by atoms with Gasteiger partial charge in [0.2, 0.25) is 0 Å². The summed E-state index contributed by atoms with van der Waals surface area (Å²) in [7, 11) is 1.65. The van der Waals surface area contributed by atoms with Gasteiger partial charge in [-0.3, -0.25) is 4.99 Å². The van der Waals surface area contributed by atoms with E-state index >= 15 is 0 Å². The Bertz CT molecular complexity index is 1030. The van der Waals surface area contributed by atoms with Gasteiger partial charge in [0.15, 0.2) is 0 Å². The van der Waals surface area contributed by atoms with Crippen LogP contribution in [0.5, 0.6) is 5.75 Å². The third-order valence-corrected chi connectivity index (χ3v) is 7.00. The first kappa shape index (κ1) is 21.6. The highest BCUT2D eigenvalue weighted by molar-refractivity contribution is 6.10. The van der Waals surface area contributed by atoms with Gasteiger partial charge < -0.3 is 25.6 Å². The molecule has 1 aliphatic carbocycles. The molecule has 2 amide bonds. The second-order valence-corrected chi connectivity index (χ2v) is 9.33. The highest BCUT2D eigenvalue weighted by Crippen LogP contribution is 2.37. The normalized spacial score (nSPS) is 23.7. The lowest BCUT2D eigenvalue weighted by atomic mass is 9.85. The number of methoxy groups -OCH3 is 1. The van der Waals surface area contributed by atoms with Crippen molar-refractivity contribution in [2.45, 2.75) is 56.7 Å². The number of amidine groups is 1. The molecule has 1 saturated heterocycles. The minimum atomic E-state index is -0.386. The maximum Gasteiger partial charge on any atom is 0.317 e. The standard InChI is InChI=1S/C26H33N5O2/c1-33-21-11-6-8-19(16-21)17-27-25(32)31-15-7-14-26(18-31)24(28-20-9-2-3-10-20)29-22-12-4-5-13-23(22)30-26/h4-6,8,11-13,16,20,30H,2-3,7,9-10,14-15,17-18H2,1H3,(H,27,32)(H,28,29). The molecule has 0 bridgehead atoms. The van der Waals surface area contributed by atoms with Crippen molar-refractivity contribution in [2.24, 2.45) is 4.99 Å². The third kappa shape index (κ3) is 4.63. The van der Waals surface area contributed by atoms with Gasteiger partial charge in [-0.1, -0.05) is 37.1 Å². The topological polar surface area (TPSA) is 78.0 Å². The van der Waals surface area contributed by atoms with Crippen molar-refractivity contribution >= 4 is 23.2 Å². The van der Waals surface area contributed by atoms with Gasteiger partial charge in [-0.15, -0.1) is 0 Å². The summed E-state index contributed by atoms with van der Waals surface area (Å²) in [4.78, 5) is 20.3. The summed E-state index contributed by atoms with van der Waals surface area (Å²) in [6.07, 6.45) is 6.66. The molecule has 2 aliphatic heterocycles. The molecule has 1 atom stereocenters. The summed E-state index contributed by atoms with van der Waals surface area (Å²) in [6, 6.07) is 16.4. The SMILES string of the molecule is COc1cccc(CNC(=O)N2CCCC3(C2)Nc2ccccc2NC3=NC2CCCC2)c1. The number of carbonyl (C=O) groups is 1. The van der Waals surface area contributed by atoms with Crippen molar-refractivity contribution < 1.29 is 9.53 Å². The van der Waals surface area contributed by atoms with Crippen LogP contribution in [0, 0.1) is 0 Å². The van der Waals surface area contributed by atoms with Crippen LogP contribution in [-0.2, 0) is 6.54 Å². The lowest BCUT2D eigenvalue weighted by molar-refractivity contribution is 0.173. The number of hydrogen-bond acceptors (Lipinski definition) is 4. The second-order valence-electron chi connectivity index (χ2n) is 9.33. The fourth-order valence-corrected chi connectivity index (χ4v) is 5.23. The van der Waals surface area contributed by atoms with Crippen LogP contribution >= 0.6 is 0 Å². The fraction of sp³-hybridized carbons (Fsp3) is 0.462. The molecule has 5 rings (SSSR count). The Labute approximate surface area is 195 Å². The summed E-state index contributed by atoms with van der Waals surface area (Å²) in [5, 5.41) is 10.5. The number of urea groups is 1. The molecule has 2 fully saturated rings. The number of piperidine rings is 1. The number of anilines is 2. The minimum absolute atomic E-state index is 0.0437. The number of benzene rings is 2. The molecule has 33 heavy (non-hydrogen) atoms. The van der Waals surface area contributed by atoms with Crippen LogP contribution in [0.2, 0.25) is 0 Å². The van der Waals surface area contributed by atoms with E-state index in [1.165, 1.54) is 12.8 Å². The van der Waals surface area contributed by atoms with Crippen LogP contribution in [0.1, 0.15) is 44.1 Å². The first-order valence-corrected chi connectivity index (χ1v) is 12.0. The van der Waals surface area contributed by atoms with E-state index in [-0.39, 0.29) is 11.6 Å². The molecule has 2 aromatic carbocycles. The Morgan fingerprint density at radius 1 is 1.15 bits per heavy atom. The van der Waals surface area contributed by atoms with Crippen LogP contribution in [0.3, 0.4) is 0 Å². The number of likely N-dealkylation sites (tertiary alicyclic amines) is 1. The van der Waals surface area contributed by atoms with Gasteiger partial charge in [-0.05, 0) is 55.5 Å². The molecule has 1 spiro atoms. The molecule has 2 aromatic rings. The average Bonchev–Trinajstić information content (AvgIpc) is 3.36. The zero-order valence-corrected chi connectivity index (χ0v) is 19.3. The summed E-state index contributed by atoms with van der Waals surface area (Å²) < 4.78 is 5.30. The largest absolute Gasteiger partial charge is 0.497 e. The Balaban J connectivity index is 1.34. The summed E-state index contributed by atoms with van der Waals surface area (Å²) in [6.45, 7) is 1.80. The summed E-state index contributed by atoms with van der Waals surface area (Å²) >= 11 is 0. The summed E-state index contributed by atoms with van der Waals surface area (Å²) in [5.74, 6) is 1.78. The van der Waals surface area contributed by atoms with Gasteiger partial charge in [0, 0.05) is 13.1 Å². The van der Waals surface area contributed by atoms with Crippen molar-refractivity contribution in [3.05, 3.63) is 54.1 Å². The van der Waals surface area contributed by atoms with Crippen molar-refractivity contribution in [3.8, 4) is 5.75 Å². The van der Waals surface area contributed by atoms with E-state index in [4.69, 9.17) is 9.73 Å². The first-order valence-electron chi connectivity index (χ1n) is 12.0. The van der Waals surface area contributed by atoms with Crippen LogP contribution in [0.25, 0.3) is 0 Å².